The fourth-order valence-corrected chi connectivity index (χ4v) is 3.23. The molecule has 2 heterocycles. The number of halogens is 2. The van der Waals surface area contributed by atoms with Gasteiger partial charge in [0.2, 0.25) is 0 Å². The number of hydrogen-bond donors (Lipinski definition) is 0. The molecule has 0 radical (unpaired) electrons. The average molecular weight is 336 g/mol. The first-order chi connectivity index (χ1) is 11.6. The Morgan fingerprint density at radius 2 is 2.00 bits per heavy atom. The van der Waals surface area contributed by atoms with E-state index in [0.29, 0.717) is 19.0 Å². The molecule has 1 aliphatic rings. The molecule has 0 unspecified atom stereocenters. The van der Waals surface area contributed by atoms with Crippen LogP contribution in [0.2, 0.25) is 0 Å². The molecule has 24 heavy (non-hydrogen) atoms. The summed E-state index contributed by atoms with van der Waals surface area (Å²) in [5.41, 5.74) is 1.12. The first kappa shape index (κ1) is 17.0. The highest BCUT2D eigenvalue weighted by molar-refractivity contribution is 5.19. The van der Waals surface area contributed by atoms with Gasteiger partial charge in [-0.25, -0.2) is 18.4 Å². The van der Waals surface area contributed by atoms with E-state index < -0.39 is 13.0 Å². The fraction of sp³-hybridized carbons (Fsp3) is 0.529. The summed E-state index contributed by atoms with van der Waals surface area (Å²) in [4.78, 5) is 6.41. The molecule has 0 aliphatic carbocycles. The second kappa shape index (κ2) is 7.36. The van der Waals surface area contributed by atoms with Crippen LogP contribution in [0.25, 0.3) is 0 Å². The van der Waals surface area contributed by atoms with Crippen LogP contribution in [0.3, 0.4) is 0 Å². The van der Waals surface area contributed by atoms with Gasteiger partial charge in [-0.05, 0) is 19.4 Å². The van der Waals surface area contributed by atoms with Crippen molar-refractivity contribution in [2.24, 2.45) is 0 Å². The van der Waals surface area contributed by atoms with E-state index in [-0.39, 0.29) is 18.2 Å². The number of benzene rings is 1. The van der Waals surface area contributed by atoms with Crippen molar-refractivity contribution in [2.75, 3.05) is 6.61 Å². The van der Waals surface area contributed by atoms with Gasteiger partial charge in [-0.15, -0.1) is 0 Å². The zero-order valence-corrected chi connectivity index (χ0v) is 13.8. The average Bonchev–Trinajstić information content (AvgIpc) is 2.98. The van der Waals surface area contributed by atoms with Crippen LogP contribution >= 0.6 is 0 Å². The third-order valence-electron chi connectivity index (χ3n) is 4.50. The lowest BCUT2D eigenvalue weighted by molar-refractivity contribution is -0.101. The highest BCUT2D eigenvalue weighted by Gasteiger charge is 2.34. The summed E-state index contributed by atoms with van der Waals surface area (Å²) in [6.07, 6.45) is -1.15. The van der Waals surface area contributed by atoms with Gasteiger partial charge in [0.25, 0.3) is 6.43 Å². The molecule has 3 rings (SSSR count). The molecule has 1 aliphatic heterocycles. The summed E-state index contributed by atoms with van der Waals surface area (Å²) in [5.74, 6) is 0.558. The Labute approximate surface area is 140 Å². The quantitative estimate of drug-likeness (QED) is 0.842. The Morgan fingerprint density at radius 3 is 2.71 bits per heavy atom. The molecule has 3 atom stereocenters. The summed E-state index contributed by atoms with van der Waals surface area (Å²) in [5, 5.41) is 3.92. The Balaban J connectivity index is 1.77. The van der Waals surface area contributed by atoms with Crippen molar-refractivity contribution in [3.8, 4) is 0 Å². The van der Waals surface area contributed by atoms with Gasteiger partial charge in [-0.1, -0.05) is 30.3 Å². The Morgan fingerprint density at radius 1 is 1.25 bits per heavy atom. The molecular weight excluding hydrogens is 314 g/mol. The van der Waals surface area contributed by atoms with Crippen molar-refractivity contribution in [3.63, 3.8) is 0 Å². The lowest BCUT2D eigenvalue weighted by Gasteiger charge is -2.43. The molecular formula is C17H22F2N4O. The number of rotatable bonds is 5. The number of ether oxygens (including phenoxy) is 1. The van der Waals surface area contributed by atoms with E-state index in [1.165, 1.54) is 11.0 Å². The molecule has 0 saturated carbocycles. The lowest BCUT2D eigenvalue weighted by atomic mass is 9.98. The van der Waals surface area contributed by atoms with Crippen LogP contribution in [0.4, 0.5) is 8.78 Å². The molecule has 2 aromatic rings. The Hall–Kier alpha value is -1.86. The van der Waals surface area contributed by atoms with Crippen LogP contribution in [0.5, 0.6) is 0 Å². The summed E-state index contributed by atoms with van der Waals surface area (Å²) < 4.78 is 32.7. The van der Waals surface area contributed by atoms with Crippen molar-refractivity contribution < 1.29 is 13.5 Å². The van der Waals surface area contributed by atoms with Crippen molar-refractivity contribution in [1.29, 1.82) is 0 Å². The van der Waals surface area contributed by atoms with Crippen LogP contribution < -0.4 is 0 Å². The molecule has 1 fully saturated rings. The first-order valence-corrected chi connectivity index (χ1v) is 8.13. The summed E-state index contributed by atoms with van der Waals surface area (Å²) in [7, 11) is 0. The van der Waals surface area contributed by atoms with Crippen LogP contribution in [0.15, 0.2) is 36.7 Å². The maximum absolute atomic E-state index is 12.7. The van der Waals surface area contributed by atoms with Crippen LogP contribution in [-0.4, -0.2) is 44.8 Å². The molecule has 0 amide bonds. The van der Waals surface area contributed by atoms with Gasteiger partial charge in [0.1, 0.15) is 18.7 Å². The monoisotopic (exact) mass is 336 g/mol. The molecule has 0 bridgehead atoms. The van der Waals surface area contributed by atoms with Crippen molar-refractivity contribution in [3.05, 3.63) is 48.0 Å². The first-order valence-electron chi connectivity index (χ1n) is 8.13. The van der Waals surface area contributed by atoms with E-state index in [0.717, 1.165) is 5.56 Å². The molecule has 0 N–H and O–H groups in total. The van der Waals surface area contributed by atoms with E-state index in [1.807, 2.05) is 18.2 Å². The number of alkyl halides is 2. The maximum Gasteiger partial charge on any atom is 0.257 e. The third-order valence-corrected chi connectivity index (χ3v) is 4.50. The van der Waals surface area contributed by atoms with E-state index >= 15 is 0 Å². The predicted octanol–water partition coefficient (Wildman–Crippen LogP) is 2.89. The minimum absolute atomic E-state index is 0.0473. The van der Waals surface area contributed by atoms with E-state index in [9.17, 15) is 8.78 Å². The van der Waals surface area contributed by atoms with Crippen molar-refractivity contribution in [1.82, 2.24) is 19.7 Å². The second-order valence-corrected chi connectivity index (χ2v) is 6.18. The predicted molar refractivity (Wildman–Crippen MR) is 85.6 cm³/mol. The minimum Gasteiger partial charge on any atom is -0.370 e. The smallest absolute Gasteiger partial charge is 0.257 e. The summed E-state index contributed by atoms with van der Waals surface area (Å²) >= 11 is 0. The lowest BCUT2D eigenvalue weighted by Crippen LogP contribution is -2.50. The van der Waals surface area contributed by atoms with Crippen molar-refractivity contribution in [2.45, 2.75) is 51.6 Å². The molecule has 130 valence electrons. The Kier molecular flexibility index (Phi) is 5.20. The maximum atomic E-state index is 12.7. The summed E-state index contributed by atoms with van der Waals surface area (Å²) in [6.45, 7) is 4.81. The molecule has 1 aromatic carbocycles. The van der Waals surface area contributed by atoms with Gasteiger partial charge in [-0.3, -0.25) is 4.90 Å². The highest BCUT2D eigenvalue weighted by Crippen LogP contribution is 2.31. The van der Waals surface area contributed by atoms with Gasteiger partial charge >= 0.3 is 0 Å². The fourth-order valence-electron chi connectivity index (χ4n) is 3.23. The molecule has 0 spiro atoms. The number of nitrogens with zero attached hydrogens (tertiary/aromatic N) is 4. The SMILES string of the molecule is C[C@@H]1CO[C@H](c2ccccc2)[C@H](C)N1Cc1ncnn1CC(F)F. The highest BCUT2D eigenvalue weighted by atomic mass is 19.3. The van der Waals surface area contributed by atoms with E-state index in [4.69, 9.17) is 4.74 Å². The van der Waals surface area contributed by atoms with E-state index in [1.54, 1.807) is 0 Å². The normalized spacial score (nSPS) is 25.3. The van der Waals surface area contributed by atoms with Gasteiger partial charge in [-0.2, -0.15) is 5.10 Å². The topological polar surface area (TPSA) is 43.2 Å². The molecule has 1 aromatic heterocycles. The largest absolute Gasteiger partial charge is 0.370 e. The van der Waals surface area contributed by atoms with Gasteiger partial charge in [0.05, 0.1) is 19.3 Å². The Bertz CT molecular complexity index is 649. The zero-order valence-electron chi connectivity index (χ0n) is 13.8. The van der Waals surface area contributed by atoms with Crippen molar-refractivity contribution >= 4 is 0 Å². The van der Waals surface area contributed by atoms with Gasteiger partial charge in [0, 0.05) is 12.1 Å². The van der Waals surface area contributed by atoms with Gasteiger partial charge in [0.15, 0.2) is 0 Å². The standard InChI is InChI=1S/C17H22F2N4O/c1-12-10-24-17(14-6-4-3-5-7-14)13(2)22(12)9-16-20-11-21-23(16)8-15(18)19/h3-7,11-13,15,17H,8-10H2,1-2H3/t12-,13+,17+/m1/s1. The second-order valence-electron chi connectivity index (χ2n) is 6.18. The number of aromatic nitrogens is 3. The molecule has 1 saturated heterocycles. The van der Waals surface area contributed by atoms with E-state index in [2.05, 4.69) is 41.0 Å². The minimum atomic E-state index is -2.44. The number of hydrogen-bond acceptors (Lipinski definition) is 4. The van der Waals surface area contributed by atoms with Gasteiger partial charge < -0.3 is 4.74 Å². The molecule has 7 heteroatoms. The van der Waals surface area contributed by atoms with Crippen LogP contribution in [0, 0.1) is 0 Å². The van der Waals surface area contributed by atoms with Crippen LogP contribution in [-0.2, 0) is 17.8 Å². The summed E-state index contributed by atoms with van der Waals surface area (Å²) in [6, 6.07) is 10.3. The zero-order chi connectivity index (χ0) is 17.1. The molecule has 5 nitrogen and oxygen atoms in total. The number of morpholine rings is 1. The third kappa shape index (κ3) is 3.62. The van der Waals surface area contributed by atoms with Crippen LogP contribution in [0.1, 0.15) is 31.3 Å².